The quantitative estimate of drug-likeness (QED) is 0.776. The molecule has 3 aliphatic rings. The zero-order valence-electron chi connectivity index (χ0n) is 14.3. The summed E-state index contributed by atoms with van der Waals surface area (Å²) in [6.07, 6.45) is 6.87. The third-order valence-corrected chi connectivity index (χ3v) is 6.10. The molecule has 0 bridgehead atoms. The van der Waals surface area contributed by atoms with E-state index in [9.17, 15) is 5.21 Å². The molecule has 2 unspecified atom stereocenters. The van der Waals surface area contributed by atoms with Gasteiger partial charge in [0.1, 0.15) is 6.26 Å². The molecule has 3 aliphatic heterocycles. The fraction of sp³-hybridized carbons (Fsp3) is 0.882. The second kappa shape index (κ2) is 4.24. The Hall–Kier alpha value is -0.580. The molecule has 0 aromatic carbocycles. The van der Waals surface area contributed by atoms with E-state index in [4.69, 9.17) is 4.84 Å². The van der Waals surface area contributed by atoms with Crippen LogP contribution in [0.1, 0.15) is 73.6 Å². The second-order valence-electron chi connectivity index (χ2n) is 8.91. The minimum absolute atomic E-state index is 0.0416. The summed E-state index contributed by atoms with van der Waals surface area (Å²) >= 11 is 0. The maximum atomic E-state index is 12.7. The van der Waals surface area contributed by atoms with E-state index in [0.717, 1.165) is 32.1 Å². The number of fused-ring (bicyclic) bond motifs is 1. The van der Waals surface area contributed by atoms with E-state index in [1.54, 1.807) is 0 Å². The molecule has 0 aliphatic carbocycles. The van der Waals surface area contributed by atoms with Crippen molar-refractivity contribution in [3.63, 3.8) is 0 Å². The van der Waals surface area contributed by atoms with Gasteiger partial charge in [0.05, 0.1) is 16.6 Å². The van der Waals surface area contributed by atoms with E-state index in [2.05, 4.69) is 46.6 Å². The van der Waals surface area contributed by atoms with Crippen LogP contribution < -0.4 is 0 Å². The van der Waals surface area contributed by atoms with Crippen molar-refractivity contribution in [3.05, 3.63) is 11.8 Å². The van der Waals surface area contributed by atoms with Crippen LogP contribution in [-0.4, -0.2) is 32.3 Å². The molecule has 0 spiro atoms. The predicted molar refractivity (Wildman–Crippen MR) is 81.6 cm³/mol. The summed E-state index contributed by atoms with van der Waals surface area (Å²) in [6.45, 7) is 12.9. The lowest BCUT2D eigenvalue weighted by Crippen LogP contribution is -2.50. The zero-order valence-corrected chi connectivity index (χ0v) is 14.3. The first kappa shape index (κ1) is 15.3. The van der Waals surface area contributed by atoms with Gasteiger partial charge in [0.2, 0.25) is 0 Å². The summed E-state index contributed by atoms with van der Waals surface area (Å²) in [7, 11) is 0. The van der Waals surface area contributed by atoms with Gasteiger partial charge in [-0.1, -0.05) is 0 Å². The lowest BCUT2D eigenvalue weighted by Gasteiger charge is -2.39. The summed E-state index contributed by atoms with van der Waals surface area (Å²) < 4.78 is 0. The summed E-state index contributed by atoms with van der Waals surface area (Å²) in [5, 5.41) is 16.2. The van der Waals surface area contributed by atoms with E-state index < -0.39 is 0 Å². The highest BCUT2D eigenvalue weighted by Gasteiger charge is 2.57. The molecule has 0 saturated carbocycles. The smallest absolute Gasteiger partial charge is 0.112 e. The first-order chi connectivity index (χ1) is 9.51. The number of nitrogens with zero attached hydrogens (tertiary/aromatic N) is 2. The first-order valence-corrected chi connectivity index (χ1v) is 8.16. The molecule has 0 amide bonds. The van der Waals surface area contributed by atoms with Crippen molar-refractivity contribution in [3.8, 4) is 0 Å². The van der Waals surface area contributed by atoms with Crippen molar-refractivity contribution in [1.29, 1.82) is 0 Å². The Morgan fingerprint density at radius 2 is 1.62 bits per heavy atom. The molecule has 2 atom stereocenters. The van der Waals surface area contributed by atoms with Gasteiger partial charge < -0.3 is 4.84 Å². The number of hydroxylamine groups is 4. The molecule has 4 heteroatoms. The molecule has 2 fully saturated rings. The van der Waals surface area contributed by atoms with Gasteiger partial charge in [0.15, 0.2) is 0 Å². The SMILES string of the molecule is CC1(C)CCC(C)(CC2=CON3C(C)(C)CCC23C)N1[O]. The van der Waals surface area contributed by atoms with Crippen LogP contribution in [0.2, 0.25) is 0 Å². The third kappa shape index (κ3) is 2.07. The molecular formula is C17H29N2O2. The highest BCUT2D eigenvalue weighted by molar-refractivity contribution is 5.27. The second-order valence-corrected chi connectivity index (χ2v) is 8.91. The van der Waals surface area contributed by atoms with E-state index in [0.29, 0.717) is 0 Å². The predicted octanol–water partition coefficient (Wildman–Crippen LogP) is 3.82. The molecule has 1 radical (unpaired) electrons. The van der Waals surface area contributed by atoms with E-state index >= 15 is 0 Å². The highest BCUT2D eigenvalue weighted by Crippen LogP contribution is 2.52. The largest absolute Gasteiger partial charge is 0.412 e. The van der Waals surface area contributed by atoms with Crippen LogP contribution in [0.15, 0.2) is 11.8 Å². The Labute approximate surface area is 128 Å². The molecule has 4 nitrogen and oxygen atoms in total. The molecule has 0 aromatic rings. The molecular weight excluding hydrogens is 264 g/mol. The maximum absolute atomic E-state index is 12.7. The average molecular weight is 293 g/mol. The summed E-state index contributed by atoms with van der Waals surface area (Å²) in [5.74, 6) is 0. The van der Waals surface area contributed by atoms with E-state index in [1.165, 1.54) is 10.6 Å². The van der Waals surface area contributed by atoms with E-state index in [1.807, 2.05) is 6.26 Å². The topological polar surface area (TPSA) is 35.6 Å². The summed E-state index contributed by atoms with van der Waals surface area (Å²) in [6, 6.07) is 0. The molecule has 119 valence electrons. The van der Waals surface area contributed by atoms with Gasteiger partial charge in [-0.05, 0) is 79.2 Å². The first-order valence-electron chi connectivity index (χ1n) is 8.16. The van der Waals surface area contributed by atoms with Crippen molar-refractivity contribution in [1.82, 2.24) is 10.1 Å². The van der Waals surface area contributed by atoms with Gasteiger partial charge in [-0.3, -0.25) is 0 Å². The van der Waals surface area contributed by atoms with Crippen LogP contribution in [-0.2, 0) is 10.0 Å². The fourth-order valence-corrected chi connectivity index (χ4v) is 4.53. The lowest BCUT2D eigenvalue weighted by molar-refractivity contribution is -0.249. The van der Waals surface area contributed by atoms with Gasteiger partial charge in [0, 0.05) is 5.54 Å². The van der Waals surface area contributed by atoms with Crippen molar-refractivity contribution in [2.45, 2.75) is 95.8 Å². The van der Waals surface area contributed by atoms with Crippen molar-refractivity contribution in [2.75, 3.05) is 0 Å². The van der Waals surface area contributed by atoms with Gasteiger partial charge in [0.25, 0.3) is 0 Å². The molecule has 0 N–H and O–H groups in total. The van der Waals surface area contributed by atoms with Crippen molar-refractivity contribution in [2.24, 2.45) is 0 Å². The number of hydrogen-bond acceptors (Lipinski definition) is 3. The molecule has 3 heterocycles. The Kier molecular flexibility index (Phi) is 3.09. The van der Waals surface area contributed by atoms with Crippen LogP contribution in [0.4, 0.5) is 0 Å². The molecule has 21 heavy (non-hydrogen) atoms. The van der Waals surface area contributed by atoms with Crippen molar-refractivity contribution < 1.29 is 10.0 Å². The summed E-state index contributed by atoms with van der Waals surface area (Å²) in [4.78, 5) is 5.90. The van der Waals surface area contributed by atoms with Crippen LogP contribution in [0.3, 0.4) is 0 Å². The lowest BCUT2D eigenvalue weighted by atomic mass is 9.81. The van der Waals surface area contributed by atoms with E-state index in [-0.39, 0.29) is 22.2 Å². The number of hydrogen-bond donors (Lipinski definition) is 0. The van der Waals surface area contributed by atoms with Gasteiger partial charge in [-0.15, -0.1) is 15.3 Å². The van der Waals surface area contributed by atoms with Crippen LogP contribution in [0.25, 0.3) is 0 Å². The Balaban J connectivity index is 1.81. The standard InChI is InChI=1S/C17H29N2O2/c1-14(2)7-9-16(5,18(14)20)11-13-12-21-19-15(3,4)8-10-17(13,19)6/h12H,7-11H2,1-6H3. The Morgan fingerprint density at radius 1 is 1.00 bits per heavy atom. The van der Waals surface area contributed by atoms with Gasteiger partial charge in [-0.2, -0.15) is 0 Å². The van der Waals surface area contributed by atoms with Gasteiger partial charge >= 0.3 is 0 Å². The average Bonchev–Trinajstić information content (AvgIpc) is 2.90. The zero-order chi connectivity index (χ0) is 15.7. The molecule has 3 rings (SSSR count). The fourth-order valence-electron chi connectivity index (χ4n) is 4.53. The highest BCUT2D eigenvalue weighted by atomic mass is 16.7. The molecule has 2 saturated heterocycles. The number of rotatable bonds is 2. The minimum Gasteiger partial charge on any atom is -0.412 e. The molecule has 0 aromatic heterocycles. The third-order valence-electron chi connectivity index (χ3n) is 6.10. The summed E-state index contributed by atoms with van der Waals surface area (Å²) in [5.41, 5.74) is 0.767. The van der Waals surface area contributed by atoms with Crippen LogP contribution in [0.5, 0.6) is 0 Å². The normalized spacial score (nSPS) is 42.0. The van der Waals surface area contributed by atoms with Crippen molar-refractivity contribution >= 4 is 0 Å². The Bertz CT molecular complexity index is 485. The van der Waals surface area contributed by atoms with Crippen LogP contribution in [0, 0.1) is 0 Å². The maximum Gasteiger partial charge on any atom is 0.112 e. The van der Waals surface area contributed by atoms with Crippen LogP contribution >= 0.6 is 0 Å². The van der Waals surface area contributed by atoms with Gasteiger partial charge in [-0.25, -0.2) is 0 Å². The minimum atomic E-state index is -0.301. The Morgan fingerprint density at radius 3 is 2.19 bits per heavy atom. The monoisotopic (exact) mass is 293 g/mol.